The first-order valence-electron chi connectivity index (χ1n) is 22.3. The molecule has 0 spiro atoms. The second-order valence-electron chi connectivity index (χ2n) is 16.2. The van der Waals surface area contributed by atoms with E-state index in [1.807, 2.05) is 14.1 Å². The van der Waals surface area contributed by atoms with Gasteiger partial charge < -0.3 is 20.4 Å². The lowest BCUT2D eigenvalue weighted by Crippen LogP contribution is -2.31. The van der Waals surface area contributed by atoms with Crippen LogP contribution in [0.4, 0.5) is 0 Å². The van der Waals surface area contributed by atoms with Crippen LogP contribution in [0.5, 0.6) is 0 Å². The first-order valence-corrected chi connectivity index (χ1v) is 22.3. The van der Waals surface area contributed by atoms with E-state index in [0.29, 0.717) is 12.8 Å². The Morgan fingerprint density at radius 2 is 0.863 bits per heavy atom. The molecule has 0 aromatic heterocycles. The van der Waals surface area contributed by atoms with Crippen LogP contribution in [0.3, 0.4) is 0 Å². The molecule has 2 amide bonds. The molecule has 0 aliphatic rings. The zero-order chi connectivity index (χ0) is 37.6. The van der Waals surface area contributed by atoms with E-state index in [0.717, 1.165) is 57.3 Å². The van der Waals surface area contributed by atoms with Gasteiger partial charge in [0.15, 0.2) is 0 Å². The van der Waals surface area contributed by atoms with Crippen molar-refractivity contribution in [1.29, 1.82) is 0 Å². The van der Waals surface area contributed by atoms with Gasteiger partial charge in [0.2, 0.25) is 11.8 Å². The lowest BCUT2D eigenvalue weighted by atomic mass is 9.78. The Bertz CT molecular complexity index is 784. The summed E-state index contributed by atoms with van der Waals surface area (Å²) >= 11 is 0. The minimum atomic E-state index is 0.213. The molecular formula is C45H90N4O2. The van der Waals surface area contributed by atoms with Crippen LogP contribution in [0.15, 0.2) is 12.2 Å². The molecule has 0 aliphatic carbocycles. The van der Waals surface area contributed by atoms with Crippen molar-refractivity contribution >= 4 is 11.8 Å². The number of carbonyl (C=O) groups is 2. The number of hydrogen-bond acceptors (Lipinski definition) is 4. The molecule has 2 unspecified atom stereocenters. The summed E-state index contributed by atoms with van der Waals surface area (Å²) in [7, 11) is 8.24. The number of nitrogens with zero attached hydrogens (tertiary/aromatic N) is 2. The van der Waals surface area contributed by atoms with E-state index in [-0.39, 0.29) is 11.8 Å². The number of nitrogens with one attached hydrogen (secondary N) is 2. The summed E-state index contributed by atoms with van der Waals surface area (Å²) in [5, 5.41) is 6.15. The standard InChI is InChI=1S/C45H90N4O2/c1-7-9-11-13-15-20-26-33-43(35-28-22-18-24-30-36-44(50)46-38-31-40-48(3)4)42(32-25-19-14-12-10-8-2)34-27-21-16-17-23-29-37-45(51)47-39-41-49(5)6/h15,20,42-43H,7-14,16-19,21-41H2,1-6H3,(H,46,50)(H,47,51)/b20-15-. The van der Waals surface area contributed by atoms with Crippen LogP contribution in [0, 0.1) is 11.8 Å². The van der Waals surface area contributed by atoms with Crippen LogP contribution in [-0.2, 0) is 9.59 Å². The van der Waals surface area contributed by atoms with E-state index in [4.69, 9.17) is 0 Å². The minimum Gasteiger partial charge on any atom is -0.356 e. The summed E-state index contributed by atoms with van der Waals surface area (Å²) in [4.78, 5) is 28.6. The quantitative estimate of drug-likeness (QED) is 0.0490. The molecule has 51 heavy (non-hydrogen) atoms. The molecule has 6 heteroatoms. The fourth-order valence-electron chi connectivity index (χ4n) is 7.32. The minimum absolute atomic E-state index is 0.213. The van der Waals surface area contributed by atoms with E-state index in [9.17, 15) is 9.59 Å². The van der Waals surface area contributed by atoms with Crippen molar-refractivity contribution in [3.05, 3.63) is 12.2 Å². The number of hydrogen-bond donors (Lipinski definition) is 2. The van der Waals surface area contributed by atoms with Crippen molar-refractivity contribution in [2.24, 2.45) is 11.8 Å². The van der Waals surface area contributed by atoms with Gasteiger partial charge in [-0.2, -0.15) is 0 Å². The van der Waals surface area contributed by atoms with E-state index in [1.165, 1.54) is 154 Å². The highest BCUT2D eigenvalue weighted by Crippen LogP contribution is 2.33. The molecule has 0 bridgehead atoms. The molecule has 0 aliphatic heterocycles. The molecule has 0 rings (SSSR count). The monoisotopic (exact) mass is 719 g/mol. The predicted octanol–water partition coefficient (Wildman–Crippen LogP) is 11.5. The van der Waals surface area contributed by atoms with Gasteiger partial charge in [-0.3, -0.25) is 9.59 Å². The van der Waals surface area contributed by atoms with Gasteiger partial charge in [0.25, 0.3) is 0 Å². The molecule has 0 saturated heterocycles. The van der Waals surface area contributed by atoms with Crippen molar-refractivity contribution in [2.75, 3.05) is 54.4 Å². The number of likely N-dealkylation sites (N-methyl/N-ethyl adjacent to an activating group) is 1. The highest BCUT2D eigenvalue weighted by Gasteiger charge is 2.20. The molecule has 0 aromatic rings. The predicted molar refractivity (Wildman–Crippen MR) is 224 cm³/mol. The van der Waals surface area contributed by atoms with Gasteiger partial charge in [-0.05, 0) is 91.5 Å². The Morgan fingerprint density at radius 3 is 1.37 bits per heavy atom. The van der Waals surface area contributed by atoms with E-state index < -0.39 is 0 Å². The van der Waals surface area contributed by atoms with Crippen molar-refractivity contribution < 1.29 is 9.59 Å². The van der Waals surface area contributed by atoms with Gasteiger partial charge in [0.05, 0.1) is 0 Å². The van der Waals surface area contributed by atoms with E-state index in [2.05, 4.69) is 60.5 Å². The fourth-order valence-corrected chi connectivity index (χ4v) is 7.32. The van der Waals surface area contributed by atoms with Gasteiger partial charge in [-0.15, -0.1) is 0 Å². The summed E-state index contributed by atoms with van der Waals surface area (Å²) in [6.07, 6.45) is 41.3. The lowest BCUT2D eigenvalue weighted by Gasteiger charge is -2.28. The van der Waals surface area contributed by atoms with Crippen LogP contribution in [0.25, 0.3) is 0 Å². The van der Waals surface area contributed by atoms with Crippen molar-refractivity contribution in [3.63, 3.8) is 0 Å². The van der Waals surface area contributed by atoms with Crippen LogP contribution in [0.1, 0.15) is 200 Å². The topological polar surface area (TPSA) is 64.7 Å². The second kappa shape index (κ2) is 38.3. The first kappa shape index (κ1) is 49.6. The Balaban J connectivity index is 4.82. The third kappa shape index (κ3) is 36.7. The summed E-state index contributed by atoms with van der Waals surface area (Å²) in [6.45, 7) is 8.08. The molecule has 302 valence electrons. The second-order valence-corrected chi connectivity index (χ2v) is 16.2. The maximum Gasteiger partial charge on any atom is 0.220 e. The first-order chi connectivity index (χ1) is 24.8. The average molecular weight is 719 g/mol. The number of allylic oxidation sites excluding steroid dienone is 2. The Hall–Kier alpha value is -1.40. The molecule has 0 saturated carbocycles. The highest BCUT2D eigenvalue weighted by atomic mass is 16.2. The molecule has 0 radical (unpaired) electrons. The molecule has 6 nitrogen and oxygen atoms in total. The number of unbranched alkanes of at least 4 members (excludes halogenated alkanes) is 17. The molecule has 0 heterocycles. The summed E-state index contributed by atoms with van der Waals surface area (Å²) in [5.74, 6) is 2.16. The SMILES string of the molecule is CCCCC/C=C\CCC(CCCCCCCC(=O)NCCCN(C)C)C(CCCCCCCC)CCCCCCCCC(=O)NCCN(C)C. The summed E-state index contributed by atoms with van der Waals surface area (Å²) in [6, 6.07) is 0. The zero-order valence-corrected chi connectivity index (χ0v) is 35.4. The Morgan fingerprint density at radius 1 is 0.451 bits per heavy atom. The maximum absolute atomic E-state index is 12.2. The van der Waals surface area contributed by atoms with Crippen molar-refractivity contribution in [3.8, 4) is 0 Å². The third-order valence-electron chi connectivity index (χ3n) is 10.6. The van der Waals surface area contributed by atoms with Gasteiger partial charge in [0, 0.05) is 32.5 Å². The lowest BCUT2D eigenvalue weighted by molar-refractivity contribution is -0.122. The third-order valence-corrected chi connectivity index (χ3v) is 10.6. The Kier molecular flexibility index (Phi) is 37.3. The van der Waals surface area contributed by atoms with Crippen molar-refractivity contribution in [2.45, 2.75) is 200 Å². The fraction of sp³-hybridized carbons (Fsp3) is 0.911. The van der Waals surface area contributed by atoms with Gasteiger partial charge in [0.1, 0.15) is 0 Å². The van der Waals surface area contributed by atoms with E-state index >= 15 is 0 Å². The summed E-state index contributed by atoms with van der Waals surface area (Å²) < 4.78 is 0. The zero-order valence-electron chi connectivity index (χ0n) is 35.4. The maximum atomic E-state index is 12.2. The van der Waals surface area contributed by atoms with E-state index in [1.54, 1.807) is 0 Å². The highest BCUT2D eigenvalue weighted by molar-refractivity contribution is 5.76. The number of carbonyl (C=O) groups excluding carboxylic acids is 2. The molecule has 0 aromatic carbocycles. The van der Waals surface area contributed by atoms with Gasteiger partial charge in [-0.1, -0.05) is 154 Å². The van der Waals surface area contributed by atoms with Crippen LogP contribution in [-0.4, -0.2) is 76.0 Å². The van der Waals surface area contributed by atoms with Crippen LogP contribution >= 0.6 is 0 Å². The molecule has 2 atom stereocenters. The Labute approximate surface area is 319 Å². The number of amides is 2. The average Bonchev–Trinajstić information content (AvgIpc) is 3.09. The van der Waals surface area contributed by atoms with Crippen LogP contribution in [0.2, 0.25) is 0 Å². The van der Waals surface area contributed by atoms with Gasteiger partial charge >= 0.3 is 0 Å². The smallest absolute Gasteiger partial charge is 0.220 e. The molecular weight excluding hydrogens is 629 g/mol. The normalized spacial score (nSPS) is 13.0. The largest absolute Gasteiger partial charge is 0.356 e. The molecule has 0 fully saturated rings. The van der Waals surface area contributed by atoms with Gasteiger partial charge in [-0.25, -0.2) is 0 Å². The van der Waals surface area contributed by atoms with Crippen LogP contribution < -0.4 is 10.6 Å². The molecule has 2 N–H and O–H groups in total. The van der Waals surface area contributed by atoms with Crippen molar-refractivity contribution in [1.82, 2.24) is 20.4 Å². The summed E-state index contributed by atoms with van der Waals surface area (Å²) in [5.41, 5.74) is 0. The number of rotatable bonds is 39.